The van der Waals surface area contributed by atoms with E-state index < -0.39 is 30.5 Å². The number of halogens is 8. The van der Waals surface area contributed by atoms with Crippen LogP contribution in [0.3, 0.4) is 0 Å². The second kappa shape index (κ2) is 3.70. The number of ketones is 1. The van der Waals surface area contributed by atoms with Crippen molar-refractivity contribution in [3.05, 3.63) is 12.6 Å². The highest BCUT2D eigenvalue weighted by atomic mass is 19.4. The molecule has 1 nitrogen and oxygen atoms in total. The number of carbonyl (C=O) groups is 1. The first-order valence-electron chi connectivity index (χ1n) is 2.72. The quantitative estimate of drug-likeness (QED) is 0.678. The first kappa shape index (κ1) is 13.1. The van der Waals surface area contributed by atoms with E-state index in [9.17, 15) is 39.9 Å². The lowest BCUT2D eigenvalue weighted by molar-refractivity contribution is -0.268. The SMILES string of the molecule is O=C([C](F)[C](F)F)C(F)(F)C(F)(F)F. The van der Waals surface area contributed by atoms with Crippen molar-refractivity contribution in [2.24, 2.45) is 0 Å². The fraction of sp³-hybridized carbons (Fsp3) is 0.400. The summed E-state index contributed by atoms with van der Waals surface area (Å²) in [5.74, 6) is -9.76. The zero-order chi connectivity index (χ0) is 11.7. The lowest BCUT2D eigenvalue weighted by atomic mass is 10.1. The normalized spacial score (nSPS) is 13.9. The smallest absolute Gasteiger partial charge is 0.288 e. The lowest BCUT2D eigenvalue weighted by Gasteiger charge is -2.18. The minimum Gasteiger partial charge on any atom is -0.288 e. The van der Waals surface area contributed by atoms with E-state index in [2.05, 4.69) is 0 Å². The van der Waals surface area contributed by atoms with Gasteiger partial charge in [-0.15, -0.1) is 0 Å². The predicted molar refractivity (Wildman–Crippen MR) is 25.8 cm³/mol. The first-order valence-corrected chi connectivity index (χ1v) is 2.72. The van der Waals surface area contributed by atoms with Crippen LogP contribution in [0.4, 0.5) is 35.1 Å². The Labute approximate surface area is 71.7 Å². The molecule has 0 aromatic rings. The zero-order valence-corrected chi connectivity index (χ0v) is 5.93. The third-order valence-electron chi connectivity index (χ3n) is 1.01. The molecular formula is C5F8O. The van der Waals surface area contributed by atoms with Crippen LogP contribution in [0.15, 0.2) is 0 Å². The Kier molecular flexibility index (Phi) is 3.46. The Morgan fingerprint density at radius 2 is 1.21 bits per heavy atom. The predicted octanol–water partition coefficient (Wildman–Crippen LogP) is 2.68. The molecule has 0 heterocycles. The molecule has 14 heavy (non-hydrogen) atoms. The molecule has 0 aromatic heterocycles. The Bertz CT molecular complexity index is 218. The van der Waals surface area contributed by atoms with Crippen molar-refractivity contribution < 1.29 is 39.9 Å². The highest BCUT2D eigenvalue weighted by Gasteiger charge is 2.66. The maximum Gasteiger partial charge on any atom is 0.461 e. The van der Waals surface area contributed by atoms with Crippen molar-refractivity contribution >= 4 is 5.78 Å². The summed E-state index contributed by atoms with van der Waals surface area (Å²) in [5.41, 5.74) is 0. The molecule has 0 saturated carbocycles. The first-order chi connectivity index (χ1) is 6.01. The summed E-state index contributed by atoms with van der Waals surface area (Å²) < 4.78 is 91.7. The average Bonchev–Trinajstić information content (AvgIpc) is 1.99. The second-order valence-electron chi connectivity index (χ2n) is 1.98. The molecule has 0 rings (SSSR count). The van der Waals surface area contributed by atoms with Crippen molar-refractivity contribution in [2.75, 3.05) is 0 Å². The standard InChI is InChI=1S/C5F8O/c6-1(3(7)8)2(14)4(9,10)5(11,12)13. The highest BCUT2D eigenvalue weighted by Crippen LogP contribution is 2.40. The molecule has 0 aliphatic carbocycles. The monoisotopic (exact) mass is 228 g/mol. The number of hydrogen-bond acceptors (Lipinski definition) is 1. The largest absolute Gasteiger partial charge is 0.461 e. The van der Waals surface area contributed by atoms with Gasteiger partial charge in [-0.25, -0.2) is 4.39 Å². The van der Waals surface area contributed by atoms with E-state index in [1.165, 1.54) is 0 Å². The molecule has 0 saturated heterocycles. The zero-order valence-electron chi connectivity index (χ0n) is 5.93. The van der Waals surface area contributed by atoms with Gasteiger partial charge in [-0.2, -0.15) is 30.7 Å². The van der Waals surface area contributed by atoms with Crippen LogP contribution in [0, 0.1) is 12.6 Å². The molecule has 0 aromatic carbocycles. The molecule has 0 aliphatic heterocycles. The molecular weight excluding hydrogens is 228 g/mol. The van der Waals surface area contributed by atoms with Crippen LogP contribution in [0.1, 0.15) is 0 Å². The topological polar surface area (TPSA) is 17.1 Å². The van der Waals surface area contributed by atoms with Crippen molar-refractivity contribution in [3.63, 3.8) is 0 Å². The van der Waals surface area contributed by atoms with Gasteiger partial charge in [0.1, 0.15) is 0 Å². The molecule has 0 bridgehead atoms. The summed E-state index contributed by atoms with van der Waals surface area (Å²) in [5, 5.41) is 0. The van der Waals surface area contributed by atoms with Crippen LogP contribution in [0.5, 0.6) is 0 Å². The van der Waals surface area contributed by atoms with Gasteiger partial charge in [0.25, 0.3) is 12.0 Å². The van der Waals surface area contributed by atoms with E-state index in [1.54, 1.807) is 0 Å². The molecule has 0 unspecified atom stereocenters. The van der Waals surface area contributed by atoms with Gasteiger partial charge in [-0.3, -0.25) is 4.79 Å². The van der Waals surface area contributed by atoms with Gasteiger partial charge < -0.3 is 0 Å². The van der Waals surface area contributed by atoms with E-state index in [-0.39, 0.29) is 0 Å². The summed E-state index contributed by atoms with van der Waals surface area (Å²) in [6.07, 6.45) is -13.3. The summed E-state index contributed by atoms with van der Waals surface area (Å²) >= 11 is 0. The van der Waals surface area contributed by atoms with Gasteiger partial charge in [-0.1, -0.05) is 0 Å². The summed E-state index contributed by atoms with van der Waals surface area (Å²) in [6.45, 7) is 0. The number of Topliss-reactive ketones (excluding diaryl/α,β-unsaturated/α-hetero) is 1. The molecule has 0 atom stereocenters. The van der Waals surface area contributed by atoms with Crippen LogP contribution in [0.2, 0.25) is 0 Å². The van der Waals surface area contributed by atoms with Crippen LogP contribution in [-0.4, -0.2) is 17.9 Å². The molecule has 9 heteroatoms. The second-order valence-corrected chi connectivity index (χ2v) is 1.98. The Morgan fingerprint density at radius 1 is 0.857 bits per heavy atom. The lowest BCUT2D eigenvalue weighted by Crippen LogP contribution is -2.46. The summed E-state index contributed by atoms with van der Waals surface area (Å²) in [4.78, 5) is 9.87. The third-order valence-corrected chi connectivity index (χ3v) is 1.01. The minimum atomic E-state index is -6.41. The molecule has 0 spiro atoms. The van der Waals surface area contributed by atoms with Crippen molar-refractivity contribution in [1.82, 2.24) is 0 Å². The summed E-state index contributed by atoms with van der Waals surface area (Å²) in [7, 11) is 0. The van der Waals surface area contributed by atoms with E-state index in [1.807, 2.05) is 0 Å². The number of carbonyl (C=O) groups excluding carboxylic acids is 1. The average molecular weight is 228 g/mol. The van der Waals surface area contributed by atoms with Crippen LogP contribution in [0.25, 0.3) is 0 Å². The van der Waals surface area contributed by atoms with Crippen molar-refractivity contribution in [1.29, 1.82) is 0 Å². The summed E-state index contributed by atoms with van der Waals surface area (Å²) in [6, 6.07) is 0. The maximum absolute atomic E-state index is 11.9. The molecule has 2 radical (unpaired) electrons. The molecule has 0 aliphatic rings. The van der Waals surface area contributed by atoms with Crippen LogP contribution >= 0.6 is 0 Å². The number of hydrogen-bond donors (Lipinski definition) is 0. The Hall–Kier alpha value is -0.890. The maximum atomic E-state index is 11.9. The van der Waals surface area contributed by atoms with E-state index in [0.29, 0.717) is 0 Å². The van der Waals surface area contributed by atoms with Crippen molar-refractivity contribution in [3.8, 4) is 0 Å². The number of rotatable bonds is 3. The van der Waals surface area contributed by atoms with Gasteiger partial charge >= 0.3 is 18.5 Å². The van der Waals surface area contributed by atoms with E-state index in [4.69, 9.17) is 0 Å². The molecule has 0 fully saturated rings. The van der Waals surface area contributed by atoms with Crippen LogP contribution in [-0.2, 0) is 4.79 Å². The Morgan fingerprint density at radius 3 is 1.43 bits per heavy atom. The fourth-order valence-corrected chi connectivity index (χ4v) is 0.352. The van der Waals surface area contributed by atoms with E-state index >= 15 is 0 Å². The molecule has 0 N–H and O–H groups in total. The minimum absolute atomic E-state index is 3.40. The Balaban J connectivity index is 4.86. The van der Waals surface area contributed by atoms with Gasteiger partial charge in [0.2, 0.25) is 0 Å². The number of alkyl halides is 5. The molecule has 0 amide bonds. The van der Waals surface area contributed by atoms with Gasteiger partial charge in [0, 0.05) is 0 Å². The van der Waals surface area contributed by atoms with E-state index in [0.717, 1.165) is 0 Å². The van der Waals surface area contributed by atoms with Gasteiger partial charge in [0.05, 0.1) is 0 Å². The molecule has 82 valence electrons. The van der Waals surface area contributed by atoms with Gasteiger partial charge in [0.15, 0.2) is 0 Å². The van der Waals surface area contributed by atoms with Crippen LogP contribution < -0.4 is 0 Å². The van der Waals surface area contributed by atoms with Gasteiger partial charge in [-0.05, 0) is 0 Å². The third kappa shape index (κ3) is 2.32. The fourth-order valence-electron chi connectivity index (χ4n) is 0.352. The van der Waals surface area contributed by atoms with Crippen molar-refractivity contribution in [2.45, 2.75) is 12.1 Å². The highest BCUT2D eigenvalue weighted by molar-refractivity contribution is 5.98.